The minimum Gasteiger partial charge on any atom is -0.225 e. The molecule has 0 aliphatic heterocycles. The van der Waals surface area contributed by atoms with E-state index in [1.54, 1.807) is 12.1 Å². The smallest absolute Gasteiger partial charge is 0.225 e. The van der Waals surface area contributed by atoms with Crippen molar-refractivity contribution in [2.75, 3.05) is 0 Å². The molecule has 1 aromatic rings. The van der Waals surface area contributed by atoms with Crippen LogP contribution in [0.1, 0.15) is 11.1 Å². The van der Waals surface area contributed by atoms with Gasteiger partial charge in [0.2, 0.25) is 10.0 Å². The summed E-state index contributed by atoms with van der Waals surface area (Å²) >= 11 is 0. The van der Waals surface area contributed by atoms with E-state index >= 15 is 0 Å². The first-order valence-electron chi connectivity index (χ1n) is 3.95. The molecular formula is C10H11NO2S. The molecule has 0 bridgehead atoms. The van der Waals surface area contributed by atoms with Gasteiger partial charge < -0.3 is 0 Å². The lowest BCUT2D eigenvalue weighted by molar-refractivity contribution is 0.606. The number of rotatable bonds is 3. The van der Waals surface area contributed by atoms with Crippen molar-refractivity contribution in [3.05, 3.63) is 47.4 Å². The fourth-order valence-electron chi connectivity index (χ4n) is 1.02. The summed E-state index contributed by atoms with van der Waals surface area (Å²) in [7, 11) is -3.56. The van der Waals surface area contributed by atoms with Crippen molar-refractivity contribution < 1.29 is 8.42 Å². The van der Waals surface area contributed by atoms with Gasteiger partial charge in [0.05, 0.1) is 0 Å². The summed E-state index contributed by atoms with van der Waals surface area (Å²) in [5.41, 5.74) is 1.64. The second kappa shape index (κ2) is 4.21. The molecule has 0 heterocycles. The Morgan fingerprint density at radius 1 is 1.21 bits per heavy atom. The molecular weight excluding hydrogens is 198 g/mol. The zero-order valence-electron chi connectivity index (χ0n) is 7.55. The largest absolute Gasteiger partial charge is 0.231 e. The Kier molecular flexibility index (Phi) is 3.22. The van der Waals surface area contributed by atoms with Crippen LogP contribution in [0.2, 0.25) is 0 Å². The number of primary sulfonamides is 1. The maximum Gasteiger partial charge on any atom is 0.231 e. The van der Waals surface area contributed by atoms with Crippen molar-refractivity contribution >= 4 is 22.2 Å². The Bertz CT molecular complexity index is 461. The van der Waals surface area contributed by atoms with Crippen LogP contribution in [-0.4, -0.2) is 8.42 Å². The van der Waals surface area contributed by atoms with Gasteiger partial charge >= 0.3 is 0 Å². The van der Waals surface area contributed by atoms with Gasteiger partial charge in [0.1, 0.15) is 0 Å². The summed E-state index contributed by atoms with van der Waals surface area (Å²) in [5, 5.41) is 5.80. The van der Waals surface area contributed by atoms with E-state index in [0.717, 1.165) is 16.5 Å². The Morgan fingerprint density at radius 2 is 1.79 bits per heavy atom. The van der Waals surface area contributed by atoms with Gasteiger partial charge in [0, 0.05) is 5.41 Å². The first-order chi connectivity index (χ1) is 6.53. The van der Waals surface area contributed by atoms with E-state index in [9.17, 15) is 8.42 Å². The fraction of sp³-hybridized carbons (Fsp3) is 0. The summed E-state index contributed by atoms with van der Waals surface area (Å²) in [5.74, 6) is 0. The highest BCUT2D eigenvalue weighted by atomic mass is 32.2. The van der Waals surface area contributed by atoms with Gasteiger partial charge in [-0.05, 0) is 17.2 Å². The number of nitrogens with two attached hydrogens (primary N) is 1. The molecule has 14 heavy (non-hydrogen) atoms. The number of benzene rings is 1. The van der Waals surface area contributed by atoms with Crippen molar-refractivity contribution in [2.24, 2.45) is 5.14 Å². The summed E-state index contributed by atoms with van der Waals surface area (Å²) < 4.78 is 21.3. The van der Waals surface area contributed by atoms with E-state index < -0.39 is 10.0 Å². The van der Waals surface area contributed by atoms with Gasteiger partial charge in [-0.2, -0.15) is 0 Å². The topological polar surface area (TPSA) is 60.2 Å². The summed E-state index contributed by atoms with van der Waals surface area (Å²) in [6, 6.07) is 7.30. The molecule has 74 valence electrons. The average Bonchev–Trinajstić information content (AvgIpc) is 2.14. The molecule has 0 radical (unpaired) electrons. The quantitative estimate of drug-likeness (QED) is 0.821. The van der Waals surface area contributed by atoms with Crippen LogP contribution in [0.15, 0.2) is 36.3 Å². The normalized spacial score (nSPS) is 11.8. The Labute approximate surface area is 83.6 Å². The van der Waals surface area contributed by atoms with Crippen molar-refractivity contribution in [2.45, 2.75) is 0 Å². The molecule has 0 saturated carbocycles. The number of hydrogen-bond donors (Lipinski definition) is 1. The highest BCUT2D eigenvalue weighted by Crippen LogP contribution is 2.11. The van der Waals surface area contributed by atoms with Gasteiger partial charge in [-0.3, -0.25) is 0 Å². The van der Waals surface area contributed by atoms with Gasteiger partial charge in [0.25, 0.3) is 0 Å². The van der Waals surface area contributed by atoms with E-state index in [1.807, 2.05) is 18.2 Å². The minimum absolute atomic E-state index is 0.775. The van der Waals surface area contributed by atoms with Crippen molar-refractivity contribution in [3.63, 3.8) is 0 Å². The second-order valence-electron chi connectivity index (χ2n) is 2.72. The lowest BCUT2D eigenvalue weighted by atomic mass is 10.1. The van der Waals surface area contributed by atoms with Crippen LogP contribution in [0.3, 0.4) is 0 Å². The molecule has 0 spiro atoms. The highest BCUT2D eigenvalue weighted by molar-refractivity contribution is 7.92. The monoisotopic (exact) mass is 209 g/mol. The summed E-state index contributed by atoms with van der Waals surface area (Å²) in [6.45, 7) is 3.62. The van der Waals surface area contributed by atoms with Crippen LogP contribution in [0, 0.1) is 0 Å². The lowest BCUT2D eigenvalue weighted by Crippen LogP contribution is -2.06. The molecule has 0 fully saturated rings. The van der Waals surface area contributed by atoms with Gasteiger partial charge in [-0.15, -0.1) is 0 Å². The van der Waals surface area contributed by atoms with Crippen LogP contribution >= 0.6 is 0 Å². The van der Waals surface area contributed by atoms with E-state index in [-0.39, 0.29) is 0 Å². The molecule has 0 aliphatic rings. The number of hydrogen-bond acceptors (Lipinski definition) is 2. The van der Waals surface area contributed by atoms with Crippen LogP contribution in [0.4, 0.5) is 0 Å². The molecule has 1 rings (SSSR count). The molecule has 0 aromatic heterocycles. The maximum atomic E-state index is 10.7. The van der Waals surface area contributed by atoms with Gasteiger partial charge in [-0.25, -0.2) is 13.6 Å². The van der Waals surface area contributed by atoms with Crippen LogP contribution in [0.5, 0.6) is 0 Å². The molecule has 3 nitrogen and oxygen atoms in total. The van der Waals surface area contributed by atoms with E-state index in [2.05, 4.69) is 6.58 Å². The van der Waals surface area contributed by atoms with E-state index in [0.29, 0.717) is 0 Å². The van der Waals surface area contributed by atoms with Gasteiger partial charge in [-0.1, -0.05) is 36.9 Å². The molecule has 0 aliphatic carbocycles. The predicted molar refractivity (Wildman–Crippen MR) is 58.7 cm³/mol. The van der Waals surface area contributed by atoms with Crippen molar-refractivity contribution in [1.82, 2.24) is 0 Å². The lowest BCUT2D eigenvalue weighted by Gasteiger charge is -1.98. The molecule has 0 atom stereocenters. The van der Waals surface area contributed by atoms with Crippen LogP contribution in [-0.2, 0) is 10.0 Å². The third-order valence-electron chi connectivity index (χ3n) is 1.65. The molecule has 2 N–H and O–H groups in total. The first-order valence-corrected chi connectivity index (χ1v) is 5.56. The third-order valence-corrected chi connectivity index (χ3v) is 2.17. The zero-order chi connectivity index (χ0) is 10.6. The minimum atomic E-state index is -3.56. The summed E-state index contributed by atoms with van der Waals surface area (Å²) in [6.07, 6.45) is 3.11. The van der Waals surface area contributed by atoms with E-state index in [4.69, 9.17) is 5.14 Å². The van der Waals surface area contributed by atoms with Crippen LogP contribution in [0.25, 0.3) is 12.2 Å². The molecule has 0 unspecified atom stereocenters. The summed E-state index contributed by atoms with van der Waals surface area (Å²) in [4.78, 5) is 0. The number of sulfonamides is 1. The molecule has 0 saturated heterocycles. The Balaban J connectivity index is 3.09. The highest BCUT2D eigenvalue weighted by Gasteiger charge is 1.96. The molecule has 4 heteroatoms. The predicted octanol–water partition coefficient (Wildman–Crippen LogP) is 1.59. The van der Waals surface area contributed by atoms with Crippen LogP contribution < -0.4 is 5.14 Å². The first kappa shape index (κ1) is 10.7. The standard InChI is InChI=1S/C10H11NO2S/c1-2-9-5-3-4-6-10(9)7-8-14(11,12)13/h2-8H,1H2,(H2,11,12,13)/b8-7+. The molecule has 1 aromatic carbocycles. The average molecular weight is 209 g/mol. The maximum absolute atomic E-state index is 10.7. The SMILES string of the molecule is C=Cc1ccccc1/C=C/S(N)(=O)=O. The van der Waals surface area contributed by atoms with Gasteiger partial charge in [0.15, 0.2) is 0 Å². The second-order valence-corrected chi connectivity index (χ2v) is 4.18. The zero-order valence-corrected chi connectivity index (χ0v) is 8.37. The fourth-order valence-corrected chi connectivity index (χ4v) is 1.35. The molecule has 0 amide bonds. The van der Waals surface area contributed by atoms with Crippen molar-refractivity contribution in [1.29, 1.82) is 0 Å². The Hall–Kier alpha value is -1.39. The van der Waals surface area contributed by atoms with Crippen molar-refractivity contribution in [3.8, 4) is 0 Å². The van der Waals surface area contributed by atoms with E-state index in [1.165, 1.54) is 6.08 Å². The Morgan fingerprint density at radius 3 is 2.29 bits per heavy atom. The third kappa shape index (κ3) is 3.16.